The lowest BCUT2D eigenvalue weighted by atomic mass is 10.4. The summed E-state index contributed by atoms with van der Waals surface area (Å²) in [6.45, 7) is 7.46. The Labute approximate surface area is 133 Å². The van der Waals surface area contributed by atoms with E-state index in [1.807, 2.05) is 16.9 Å². The Hall–Kier alpha value is -1.60. The molecule has 22 heavy (non-hydrogen) atoms. The smallest absolute Gasteiger partial charge is 0.191 e. The summed E-state index contributed by atoms with van der Waals surface area (Å²) in [4.78, 5) is 4.55. The largest absolute Gasteiger partial charge is 0.382 e. The molecule has 1 heterocycles. The number of methoxy groups -OCH3 is 1. The molecule has 0 aliphatic carbocycles. The van der Waals surface area contributed by atoms with Crippen molar-refractivity contribution in [1.29, 1.82) is 0 Å². The van der Waals surface area contributed by atoms with Crippen molar-refractivity contribution >= 4 is 5.96 Å². The lowest BCUT2D eigenvalue weighted by molar-refractivity contribution is 0.0698. The third kappa shape index (κ3) is 9.36. The van der Waals surface area contributed by atoms with Gasteiger partial charge in [-0.05, 0) is 25.8 Å². The van der Waals surface area contributed by atoms with Crippen molar-refractivity contribution in [3.8, 4) is 0 Å². The molecule has 0 aromatic carbocycles. The molecule has 1 aromatic heterocycles. The lowest BCUT2D eigenvalue weighted by Crippen LogP contribution is -2.38. The summed E-state index contributed by atoms with van der Waals surface area (Å²) < 4.78 is 12.3. The number of hydrogen-bond donors (Lipinski definition) is 2. The van der Waals surface area contributed by atoms with Crippen LogP contribution in [-0.4, -0.2) is 62.3 Å². The average Bonchev–Trinajstić information content (AvgIpc) is 3.03. The van der Waals surface area contributed by atoms with Crippen molar-refractivity contribution < 1.29 is 9.47 Å². The Morgan fingerprint density at radius 3 is 2.86 bits per heavy atom. The first-order valence-electron chi connectivity index (χ1n) is 7.93. The van der Waals surface area contributed by atoms with Crippen LogP contribution in [0.5, 0.6) is 0 Å². The van der Waals surface area contributed by atoms with Crippen LogP contribution < -0.4 is 10.6 Å². The van der Waals surface area contributed by atoms with Crippen LogP contribution in [0.4, 0.5) is 0 Å². The summed E-state index contributed by atoms with van der Waals surface area (Å²) in [5.41, 5.74) is 0. The van der Waals surface area contributed by atoms with Crippen LogP contribution in [0.2, 0.25) is 0 Å². The molecule has 0 aliphatic rings. The molecular formula is C15H29N5O2. The van der Waals surface area contributed by atoms with Gasteiger partial charge in [0.15, 0.2) is 5.96 Å². The first-order valence-corrected chi connectivity index (χ1v) is 7.93. The summed E-state index contributed by atoms with van der Waals surface area (Å²) in [7, 11) is 1.68. The molecule has 0 atom stereocenters. The number of aliphatic imine (C=N–C) groups is 1. The Kier molecular flexibility index (Phi) is 11.0. The molecule has 1 aromatic rings. The molecule has 2 N–H and O–H groups in total. The molecule has 1 rings (SSSR count). The molecule has 0 amide bonds. The Morgan fingerprint density at radius 1 is 1.23 bits per heavy atom. The van der Waals surface area contributed by atoms with Gasteiger partial charge in [-0.25, -0.2) is 0 Å². The molecule has 0 unspecified atom stereocenters. The summed E-state index contributed by atoms with van der Waals surface area (Å²) in [6.07, 6.45) is 5.68. The minimum Gasteiger partial charge on any atom is -0.382 e. The predicted molar refractivity (Wildman–Crippen MR) is 88.1 cm³/mol. The van der Waals surface area contributed by atoms with E-state index in [4.69, 9.17) is 9.47 Å². The van der Waals surface area contributed by atoms with Gasteiger partial charge in [-0.2, -0.15) is 5.10 Å². The number of nitrogens with zero attached hydrogens (tertiary/aromatic N) is 3. The topological polar surface area (TPSA) is 72.7 Å². The van der Waals surface area contributed by atoms with E-state index < -0.39 is 0 Å². The summed E-state index contributed by atoms with van der Waals surface area (Å²) in [5.74, 6) is 0.861. The quantitative estimate of drug-likeness (QED) is 0.341. The van der Waals surface area contributed by atoms with Crippen LogP contribution >= 0.6 is 0 Å². The molecule has 0 saturated carbocycles. The van der Waals surface area contributed by atoms with E-state index in [1.54, 1.807) is 13.3 Å². The first-order chi connectivity index (χ1) is 10.9. The van der Waals surface area contributed by atoms with Gasteiger partial charge in [0.1, 0.15) is 0 Å². The molecular weight excluding hydrogens is 282 g/mol. The van der Waals surface area contributed by atoms with E-state index in [2.05, 4.69) is 27.6 Å². The van der Waals surface area contributed by atoms with Crippen molar-refractivity contribution in [2.24, 2.45) is 4.99 Å². The number of hydrogen-bond acceptors (Lipinski definition) is 4. The fourth-order valence-electron chi connectivity index (χ4n) is 1.82. The van der Waals surface area contributed by atoms with Crippen LogP contribution in [-0.2, 0) is 16.0 Å². The second-order valence-electron chi connectivity index (χ2n) is 4.77. The normalized spacial score (nSPS) is 11.6. The molecule has 0 radical (unpaired) electrons. The number of aryl methyl sites for hydroxylation is 1. The average molecular weight is 311 g/mol. The van der Waals surface area contributed by atoms with E-state index in [0.717, 1.165) is 51.6 Å². The van der Waals surface area contributed by atoms with Crippen molar-refractivity contribution in [3.63, 3.8) is 0 Å². The van der Waals surface area contributed by atoms with Gasteiger partial charge in [-0.3, -0.25) is 9.67 Å². The van der Waals surface area contributed by atoms with Crippen LogP contribution in [0.3, 0.4) is 0 Å². The van der Waals surface area contributed by atoms with E-state index in [-0.39, 0.29) is 0 Å². The highest BCUT2D eigenvalue weighted by Gasteiger charge is 1.97. The van der Waals surface area contributed by atoms with E-state index >= 15 is 0 Å². The monoisotopic (exact) mass is 311 g/mol. The zero-order valence-electron chi connectivity index (χ0n) is 13.8. The van der Waals surface area contributed by atoms with Crippen molar-refractivity contribution in [2.45, 2.75) is 26.3 Å². The van der Waals surface area contributed by atoms with Crippen LogP contribution in [0.15, 0.2) is 23.5 Å². The summed E-state index contributed by atoms with van der Waals surface area (Å²) >= 11 is 0. The molecule has 0 spiro atoms. The number of ether oxygens (including phenoxy) is 2. The third-order valence-electron chi connectivity index (χ3n) is 2.91. The van der Waals surface area contributed by atoms with E-state index in [0.29, 0.717) is 13.2 Å². The SMILES string of the molecule is CCNC(=NCCCn1cccn1)NCCCOCCOC. The van der Waals surface area contributed by atoms with Gasteiger partial charge in [-0.1, -0.05) is 0 Å². The molecule has 0 aliphatic heterocycles. The maximum Gasteiger partial charge on any atom is 0.191 e. The predicted octanol–water partition coefficient (Wildman–Crippen LogP) is 0.881. The van der Waals surface area contributed by atoms with Gasteiger partial charge in [0.2, 0.25) is 0 Å². The summed E-state index contributed by atoms with van der Waals surface area (Å²) in [6, 6.07) is 1.93. The molecule has 7 heteroatoms. The van der Waals surface area contributed by atoms with Crippen molar-refractivity contribution in [1.82, 2.24) is 20.4 Å². The van der Waals surface area contributed by atoms with Gasteiger partial charge in [0.05, 0.1) is 13.2 Å². The fraction of sp³-hybridized carbons (Fsp3) is 0.733. The lowest BCUT2D eigenvalue weighted by Gasteiger charge is -2.11. The highest BCUT2D eigenvalue weighted by atomic mass is 16.5. The third-order valence-corrected chi connectivity index (χ3v) is 2.91. The summed E-state index contributed by atoms with van der Waals surface area (Å²) in [5, 5.41) is 10.7. The molecule has 0 fully saturated rings. The molecule has 0 bridgehead atoms. The van der Waals surface area contributed by atoms with Gasteiger partial charge >= 0.3 is 0 Å². The minimum atomic E-state index is 0.647. The highest BCUT2D eigenvalue weighted by molar-refractivity contribution is 5.79. The first kappa shape index (κ1) is 18.4. The standard InChI is InChI=1S/C15H29N5O2/c1-3-16-15(18-8-6-12-22-14-13-21-2)17-7-4-10-20-11-5-9-19-20/h5,9,11H,3-4,6-8,10,12-14H2,1-2H3,(H2,16,17,18). The van der Waals surface area contributed by atoms with Gasteiger partial charge in [-0.15, -0.1) is 0 Å². The second kappa shape index (κ2) is 13.1. The van der Waals surface area contributed by atoms with Crippen LogP contribution in [0, 0.1) is 0 Å². The van der Waals surface area contributed by atoms with Gasteiger partial charge in [0, 0.05) is 52.3 Å². The number of aromatic nitrogens is 2. The molecule has 7 nitrogen and oxygen atoms in total. The number of rotatable bonds is 12. The van der Waals surface area contributed by atoms with Crippen LogP contribution in [0.1, 0.15) is 19.8 Å². The molecule has 126 valence electrons. The Bertz CT molecular complexity index is 381. The Morgan fingerprint density at radius 2 is 2.14 bits per heavy atom. The van der Waals surface area contributed by atoms with Crippen LogP contribution in [0.25, 0.3) is 0 Å². The maximum absolute atomic E-state index is 5.42. The van der Waals surface area contributed by atoms with E-state index in [9.17, 15) is 0 Å². The Balaban J connectivity index is 2.10. The van der Waals surface area contributed by atoms with E-state index in [1.165, 1.54) is 0 Å². The maximum atomic E-state index is 5.42. The highest BCUT2D eigenvalue weighted by Crippen LogP contribution is 1.90. The van der Waals surface area contributed by atoms with Crippen molar-refractivity contribution in [2.75, 3.05) is 46.6 Å². The zero-order chi connectivity index (χ0) is 15.9. The molecule has 0 saturated heterocycles. The minimum absolute atomic E-state index is 0.647. The van der Waals surface area contributed by atoms with Crippen molar-refractivity contribution in [3.05, 3.63) is 18.5 Å². The number of guanidine groups is 1. The number of nitrogens with one attached hydrogen (secondary N) is 2. The van der Waals surface area contributed by atoms with Gasteiger partial charge in [0.25, 0.3) is 0 Å². The second-order valence-corrected chi connectivity index (χ2v) is 4.77. The fourth-order valence-corrected chi connectivity index (χ4v) is 1.82. The van der Waals surface area contributed by atoms with Gasteiger partial charge < -0.3 is 20.1 Å². The zero-order valence-corrected chi connectivity index (χ0v) is 13.8.